The topological polar surface area (TPSA) is 72.2 Å². The minimum atomic E-state index is -0.284. The minimum Gasteiger partial charge on any atom is -0.336 e. The van der Waals surface area contributed by atoms with Crippen molar-refractivity contribution in [3.63, 3.8) is 0 Å². The second kappa shape index (κ2) is 4.55. The zero-order chi connectivity index (χ0) is 13.4. The number of benzene rings is 1. The van der Waals surface area contributed by atoms with Crippen LogP contribution < -0.4 is 5.69 Å². The Balaban J connectivity index is 1.95. The Labute approximate surface area is 110 Å². The van der Waals surface area contributed by atoms with Gasteiger partial charge in [-0.15, -0.1) is 0 Å². The summed E-state index contributed by atoms with van der Waals surface area (Å²) in [6, 6.07) is 5.33. The fourth-order valence-corrected chi connectivity index (χ4v) is 2.42. The molecule has 0 aliphatic carbocycles. The number of carbonyl (C=O) groups excluding carboxylic acids is 1. The number of para-hydroxylation sites is 1. The number of H-pyrrole nitrogens is 2. The molecule has 0 unspecified atom stereocenters. The summed E-state index contributed by atoms with van der Waals surface area (Å²) >= 11 is 0. The van der Waals surface area contributed by atoms with Crippen molar-refractivity contribution in [1.82, 2.24) is 19.8 Å². The molecule has 0 saturated carbocycles. The smallest absolute Gasteiger partial charge is 0.323 e. The molecule has 0 spiro atoms. The number of piperazine rings is 1. The first kappa shape index (κ1) is 12.0. The van der Waals surface area contributed by atoms with Crippen LogP contribution >= 0.6 is 0 Å². The van der Waals surface area contributed by atoms with E-state index in [1.54, 1.807) is 18.2 Å². The fourth-order valence-electron chi connectivity index (χ4n) is 2.42. The highest BCUT2D eigenvalue weighted by Crippen LogP contribution is 2.16. The molecule has 1 aliphatic rings. The van der Waals surface area contributed by atoms with Gasteiger partial charge in [0.1, 0.15) is 0 Å². The number of hydrogen-bond donors (Lipinski definition) is 2. The predicted octanol–water partition coefficient (Wildman–Crippen LogP) is 0.244. The van der Waals surface area contributed by atoms with Crippen molar-refractivity contribution in [3.05, 3.63) is 34.2 Å². The van der Waals surface area contributed by atoms with Gasteiger partial charge in [-0.05, 0) is 19.2 Å². The lowest BCUT2D eigenvalue weighted by molar-refractivity contribution is 0.0666. The molecule has 2 aromatic rings. The summed E-state index contributed by atoms with van der Waals surface area (Å²) in [6.45, 7) is 3.21. The van der Waals surface area contributed by atoms with Crippen LogP contribution in [0.1, 0.15) is 10.4 Å². The summed E-state index contributed by atoms with van der Waals surface area (Å²) in [5.41, 5.74) is 1.54. The van der Waals surface area contributed by atoms with Crippen LogP contribution in [-0.2, 0) is 0 Å². The number of hydrogen-bond acceptors (Lipinski definition) is 3. The second-order valence-electron chi connectivity index (χ2n) is 4.90. The Hall–Kier alpha value is -2.08. The van der Waals surface area contributed by atoms with Gasteiger partial charge < -0.3 is 19.8 Å². The highest BCUT2D eigenvalue weighted by Gasteiger charge is 2.22. The molecule has 0 bridgehead atoms. The van der Waals surface area contributed by atoms with Gasteiger partial charge in [0.15, 0.2) is 0 Å². The Morgan fingerprint density at radius 3 is 2.63 bits per heavy atom. The maximum atomic E-state index is 12.5. The number of carbonyl (C=O) groups is 1. The van der Waals surface area contributed by atoms with Gasteiger partial charge >= 0.3 is 5.69 Å². The molecule has 0 radical (unpaired) electrons. The molecule has 1 aromatic heterocycles. The standard InChI is InChI=1S/C13H16N4O2/c1-16-5-7-17(8-6-16)12(18)9-3-2-4-10-11(9)15-13(19)14-10/h2-4H,5-8H2,1H3,(H2,14,15,19). The van der Waals surface area contributed by atoms with Gasteiger partial charge in [0.25, 0.3) is 5.91 Å². The average Bonchev–Trinajstić information content (AvgIpc) is 2.78. The van der Waals surface area contributed by atoms with E-state index in [9.17, 15) is 9.59 Å². The number of aromatic nitrogens is 2. The molecule has 0 atom stereocenters. The van der Waals surface area contributed by atoms with Crippen LogP contribution in [0, 0.1) is 0 Å². The molecule has 1 aromatic carbocycles. The Kier molecular flexibility index (Phi) is 2.87. The summed E-state index contributed by atoms with van der Waals surface area (Å²) < 4.78 is 0. The normalized spacial score (nSPS) is 17.0. The van der Waals surface area contributed by atoms with Gasteiger partial charge in [-0.25, -0.2) is 4.79 Å². The van der Waals surface area contributed by atoms with Crippen LogP contribution in [-0.4, -0.2) is 58.9 Å². The average molecular weight is 260 g/mol. The van der Waals surface area contributed by atoms with Gasteiger partial charge in [-0.3, -0.25) is 4.79 Å². The fraction of sp³-hybridized carbons (Fsp3) is 0.385. The van der Waals surface area contributed by atoms with Gasteiger partial charge in [0.05, 0.1) is 16.6 Å². The third kappa shape index (κ3) is 2.15. The van der Waals surface area contributed by atoms with E-state index in [1.807, 2.05) is 11.9 Å². The number of nitrogens with zero attached hydrogens (tertiary/aromatic N) is 2. The SMILES string of the molecule is CN1CCN(C(=O)c2cccc3[nH]c(=O)[nH]c23)CC1. The van der Waals surface area contributed by atoms with Crippen molar-refractivity contribution in [3.8, 4) is 0 Å². The number of amides is 1. The second-order valence-corrected chi connectivity index (χ2v) is 4.90. The van der Waals surface area contributed by atoms with Crippen molar-refractivity contribution < 1.29 is 4.79 Å². The third-order valence-corrected chi connectivity index (χ3v) is 3.57. The summed E-state index contributed by atoms with van der Waals surface area (Å²) in [5.74, 6) is -0.0195. The molecule has 19 heavy (non-hydrogen) atoms. The molecule has 6 nitrogen and oxygen atoms in total. The van der Waals surface area contributed by atoms with E-state index in [1.165, 1.54) is 0 Å². The first-order valence-corrected chi connectivity index (χ1v) is 6.34. The highest BCUT2D eigenvalue weighted by molar-refractivity contribution is 6.04. The van der Waals surface area contributed by atoms with Crippen LogP contribution in [0.5, 0.6) is 0 Å². The molecular formula is C13H16N4O2. The summed E-state index contributed by atoms with van der Waals surface area (Å²) in [5, 5.41) is 0. The summed E-state index contributed by atoms with van der Waals surface area (Å²) in [4.78, 5) is 33.2. The van der Waals surface area contributed by atoms with Gasteiger partial charge in [-0.2, -0.15) is 0 Å². The van der Waals surface area contributed by atoms with Gasteiger partial charge in [0.2, 0.25) is 0 Å². The molecule has 2 heterocycles. The molecule has 2 N–H and O–H groups in total. The maximum Gasteiger partial charge on any atom is 0.323 e. The van der Waals surface area contributed by atoms with E-state index < -0.39 is 0 Å². The quantitative estimate of drug-likeness (QED) is 0.771. The van der Waals surface area contributed by atoms with Crippen LogP contribution in [0.15, 0.2) is 23.0 Å². The predicted molar refractivity (Wildman–Crippen MR) is 72.3 cm³/mol. The van der Waals surface area contributed by atoms with E-state index in [0.29, 0.717) is 16.6 Å². The monoisotopic (exact) mass is 260 g/mol. The Morgan fingerprint density at radius 1 is 1.16 bits per heavy atom. The molecule has 1 amide bonds. The lowest BCUT2D eigenvalue weighted by Gasteiger charge is -2.32. The number of aromatic amines is 2. The number of nitrogens with one attached hydrogen (secondary N) is 2. The number of likely N-dealkylation sites (N-methyl/N-ethyl adjacent to an activating group) is 1. The largest absolute Gasteiger partial charge is 0.336 e. The Bertz CT molecular complexity index is 665. The minimum absolute atomic E-state index is 0.0195. The van der Waals surface area contributed by atoms with E-state index in [-0.39, 0.29) is 11.6 Å². The lowest BCUT2D eigenvalue weighted by Crippen LogP contribution is -2.47. The van der Waals surface area contributed by atoms with E-state index >= 15 is 0 Å². The van der Waals surface area contributed by atoms with Crippen molar-refractivity contribution in [1.29, 1.82) is 0 Å². The molecule has 100 valence electrons. The van der Waals surface area contributed by atoms with Crippen LogP contribution in [0.4, 0.5) is 0 Å². The maximum absolute atomic E-state index is 12.5. The molecule has 1 fully saturated rings. The zero-order valence-corrected chi connectivity index (χ0v) is 10.8. The molecular weight excluding hydrogens is 244 g/mol. The van der Waals surface area contributed by atoms with Crippen molar-refractivity contribution in [2.24, 2.45) is 0 Å². The summed E-state index contributed by atoms with van der Waals surface area (Å²) in [7, 11) is 2.05. The highest BCUT2D eigenvalue weighted by atomic mass is 16.2. The number of fused-ring (bicyclic) bond motifs is 1. The number of imidazole rings is 1. The van der Waals surface area contributed by atoms with E-state index in [4.69, 9.17) is 0 Å². The third-order valence-electron chi connectivity index (χ3n) is 3.57. The van der Waals surface area contributed by atoms with E-state index in [0.717, 1.165) is 26.2 Å². The van der Waals surface area contributed by atoms with Crippen LogP contribution in [0.3, 0.4) is 0 Å². The first-order valence-electron chi connectivity index (χ1n) is 6.34. The lowest BCUT2D eigenvalue weighted by atomic mass is 10.1. The van der Waals surface area contributed by atoms with Crippen molar-refractivity contribution >= 4 is 16.9 Å². The zero-order valence-electron chi connectivity index (χ0n) is 10.8. The van der Waals surface area contributed by atoms with Crippen LogP contribution in [0.2, 0.25) is 0 Å². The first-order chi connectivity index (χ1) is 9.15. The van der Waals surface area contributed by atoms with E-state index in [2.05, 4.69) is 14.9 Å². The summed E-state index contributed by atoms with van der Waals surface area (Å²) in [6.07, 6.45) is 0. The molecule has 3 rings (SSSR count). The van der Waals surface area contributed by atoms with Crippen molar-refractivity contribution in [2.45, 2.75) is 0 Å². The van der Waals surface area contributed by atoms with Crippen LogP contribution in [0.25, 0.3) is 11.0 Å². The Morgan fingerprint density at radius 2 is 1.89 bits per heavy atom. The molecule has 6 heteroatoms. The molecule has 1 aliphatic heterocycles. The van der Waals surface area contributed by atoms with Crippen molar-refractivity contribution in [2.75, 3.05) is 33.2 Å². The number of rotatable bonds is 1. The van der Waals surface area contributed by atoms with Gasteiger partial charge in [-0.1, -0.05) is 6.07 Å². The molecule has 1 saturated heterocycles. The van der Waals surface area contributed by atoms with Gasteiger partial charge in [0, 0.05) is 26.2 Å².